The van der Waals surface area contributed by atoms with Crippen molar-refractivity contribution in [2.24, 2.45) is 0 Å². The van der Waals surface area contributed by atoms with E-state index in [0.29, 0.717) is 17.3 Å². The first kappa shape index (κ1) is 25.6. The molecule has 0 aliphatic carbocycles. The molecule has 1 N–H and O–H groups in total. The van der Waals surface area contributed by atoms with E-state index in [0.717, 1.165) is 25.2 Å². The van der Waals surface area contributed by atoms with E-state index in [4.69, 9.17) is 16.3 Å². The molecule has 0 spiro atoms. The van der Waals surface area contributed by atoms with Crippen LogP contribution in [0.25, 0.3) is 0 Å². The topological polar surface area (TPSA) is 79.0 Å². The van der Waals surface area contributed by atoms with Gasteiger partial charge in [0, 0.05) is 18.1 Å². The van der Waals surface area contributed by atoms with Gasteiger partial charge in [-0.15, -0.1) is 0 Å². The smallest absolute Gasteiger partial charge is 0.264 e. The molecule has 0 unspecified atom stereocenters. The maximum absolute atomic E-state index is 13.5. The number of carbonyl (C=O) groups excluding carboxylic acids is 1. The van der Waals surface area contributed by atoms with Crippen LogP contribution in [0.3, 0.4) is 0 Å². The van der Waals surface area contributed by atoms with Gasteiger partial charge in [0.15, 0.2) is 6.10 Å². The van der Waals surface area contributed by atoms with E-state index in [1.807, 2.05) is 12.1 Å². The summed E-state index contributed by atoms with van der Waals surface area (Å²) >= 11 is 6.16. The second-order valence-corrected chi connectivity index (χ2v) is 11.7. The van der Waals surface area contributed by atoms with E-state index in [9.17, 15) is 13.2 Å². The number of hydrogen-bond acceptors (Lipinski definition) is 5. The van der Waals surface area contributed by atoms with Gasteiger partial charge in [0.1, 0.15) is 5.75 Å². The number of nitrogens with zero attached hydrogens (tertiary/aromatic N) is 2. The summed E-state index contributed by atoms with van der Waals surface area (Å²) in [5.74, 6) is -0.0939. The molecule has 2 aliphatic heterocycles. The molecule has 1 fully saturated rings. The minimum absolute atomic E-state index is 0.131. The minimum Gasteiger partial charge on any atom is -0.476 e. The van der Waals surface area contributed by atoms with E-state index in [1.165, 1.54) is 47.3 Å². The number of nitrogens with one attached hydrogen (secondary N) is 1. The number of rotatable bonds is 7. The predicted molar refractivity (Wildman–Crippen MR) is 144 cm³/mol. The number of sulfonamides is 1. The number of ether oxygens (including phenoxy) is 1. The molecule has 1 amide bonds. The van der Waals surface area contributed by atoms with Gasteiger partial charge in [0.25, 0.3) is 15.9 Å². The lowest BCUT2D eigenvalue weighted by molar-refractivity contribution is -0.127. The first-order valence-electron chi connectivity index (χ1n) is 12.5. The molecule has 0 saturated carbocycles. The Morgan fingerprint density at radius 2 is 1.65 bits per heavy atom. The SMILES string of the molecule is O=C(NCc1ccc(CN2CCCCC2)cc1)[C@H]1CN(S(=O)(=O)c2ccccc2)c2cc(Cl)ccc2O1. The fraction of sp³-hybridized carbons (Fsp3) is 0.321. The Bertz CT molecular complexity index is 1340. The molecule has 0 aromatic heterocycles. The largest absolute Gasteiger partial charge is 0.476 e. The minimum atomic E-state index is -3.93. The number of carbonyl (C=O) groups is 1. The van der Waals surface area contributed by atoms with Gasteiger partial charge in [-0.3, -0.25) is 14.0 Å². The van der Waals surface area contributed by atoms with E-state index in [2.05, 4.69) is 22.3 Å². The van der Waals surface area contributed by atoms with Gasteiger partial charge in [-0.2, -0.15) is 0 Å². The molecule has 7 nitrogen and oxygen atoms in total. The summed E-state index contributed by atoms with van der Waals surface area (Å²) in [4.78, 5) is 15.7. The molecule has 9 heteroatoms. The highest BCUT2D eigenvalue weighted by atomic mass is 35.5. The number of hydrogen-bond donors (Lipinski definition) is 1. The first-order chi connectivity index (χ1) is 17.9. The lowest BCUT2D eigenvalue weighted by Gasteiger charge is -2.34. The summed E-state index contributed by atoms with van der Waals surface area (Å²) in [6, 6.07) is 21.1. The molecule has 1 atom stereocenters. The molecule has 3 aromatic rings. The zero-order valence-corrected chi connectivity index (χ0v) is 22.0. The molecule has 37 heavy (non-hydrogen) atoms. The van der Waals surface area contributed by atoms with Crippen LogP contribution in [0.1, 0.15) is 30.4 Å². The van der Waals surface area contributed by atoms with Gasteiger partial charge in [-0.05, 0) is 67.4 Å². The highest BCUT2D eigenvalue weighted by Crippen LogP contribution is 2.38. The molecule has 0 bridgehead atoms. The van der Waals surface area contributed by atoms with Crippen molar-refractivity contribution < 1.29 is 17.9 Å². The second-order valence-electron chi connectivity index (χ2n) is 9.44. The number of benzene rings is 3. The van der Waals surface area contributed by atoms with Gasteiger partial charge >= 0.3 is 0 Å². The highest BCUT2D eigenvalue weighted by Gasteiger charge is 2.37. The number of fused-ring (bicyclic) bond motifs is 1. The van der Waals surface area contributed by atoms with Crippen molar-refractivity contribution in [3.8, 4) is 5.75 Å². The fourth-order valence-electron chi connectivity index (χ4n) is 4.75. The summed E-state index contributed by atoms with van der Waals surface area (Å²) in [5, 5.41) is 3.28. The molecule has 194 valence electrons. The van der Waals surface area contributed by atoms with Crippen LogP contribution in [0.2, 0.25) is 5.02 Å². The molecule has 0 radical (unpaired) electrons. The number of amides is 1. The summed E-state index contributed by atoms with van der Waals surface area (Å²) < 4.78 is 34.1. The van der Waals surface area contributed by atoms with E-state index < -0.39 is 16.1 Å². The zero-order chi connectivity index (χ0) is 25.8. The van der Waals surface area contributed by atoms with E-state index >= 15 is 0 Å². The zero-order valence-electron chi connectivity index (χ0n) is 20.5. The highest BCUT2D eigenvalue weighted by molar-refractivity contribution is 7.92. The van der Waals surface area contributed by atoms with Gasteiger partial charge in [-0.1, -0.05) is 60.5 Å². The van der Waals surface area contributed by atoms with Gasteiger partial charge < -0.3 is 10.1 Å². The van der Waals surface area contributed by atoms with Crippen LogP contribution in [-0.2, 0) is 27.9 Å². The van der Waals surface area contributed by atoms with Crippen molar-refractivity contribution in [3.05, 3.63) is 88.9 Å². The fourth-order valence-corrected chi connectivity index (χ4v) is 6.40. The number of piperidine rings is 1. The maximum Gasteiger partial charge on any atom is 0.264 e. The monoisotopic (exact) mass is 539 g/mol. The van der Waals surface area contributed by atoms with Crippen molar-refractivity contribution in [1.29, 1.82) is 0 Å². The molecule has 3 aromatic carbocycles. The van der Waals surface area contributed by atoms with Gasteiger partial charge in [-0.25, -0.2) is 8.42 Å². The van der Waals surface area contributed by atoms with Crippen molar-refractivity contribution in [2.45, 2.75) is 43.4 Å². The average Bonchev–Trinajstić information content (AvgIpc) is 2.93. The lowest BCUT2D eigenvalue weighted by Crippen LogP contribution is -2.50. The van der Waals surface area contributed by atoms with Crippen molar-refractivity contribution in [2.75, 3.05) is 23.9 Å². The van der Waals surface area contributed by atoms with E-state index in [1.54, 1.807) is 30.3 Å². The Morgan fingerprint density at radius 1 is 0.946 bits per heavy atom. The Hall–Kier alpha value is -3.07. The van der Waals surface area contributed by atoms with Crippen LogP contribution in [0.15, 0.2) is 77.7 Å². The summed E-state index contributed by atoms with van der Waals surface area (Å²) in [5.41, 5.74) is 2.53. The van der Waals surface area contributed by atoms with Gasteiger partial charge in [0.05, 0.1) is 17.1 Å². The molecular formula is C28H30ClN3O4S. The third kappa shape index (κ3) is 5.92. The number of halogens is 1. The number of likely N-dealkylation sites (tertiary alicyclic amines) is 1. The summed E-state index contributed by atoms with van der Waals surface area (Å²) in [7, 11) is -3.93. The van der Waals surface area contributed by atoms with E-state index in [-0.39, 0.29) is 23.1 Å². The van der Waals surface area contributed by atoms with Crippen LogP contribution in [0, 0.1) is 0 Å². The molecule has 2 aliphatic rings. The Kier molecular flexibility index (Phi) is 7.69. The third-order valence-corrected chi connectivity index (χ3v) is 8.79. The average molecular weight is 540 g/mol. The first-order valence-corrected chi connectivity index (χ1v) is 14.3. The van der Waals surface area contributed by atoms with Crippen LogP contribution < -0.4 is 14.4 Å². The van der Waals surface area contributed by atoms with Gasteiger partial charge in [0.2, 0.25) is 0 Å². The maximum atomic E-state index is 13.5. The summed E-state index contributed by atoms with van der Waals surface area (Å²) in [6.07, 6.45) is 2.82. The second kappa shape index (κ2) is 11.1. The standard InChI is InChI=1S/C28H30ClN3O4S/c29-23-13-14-26-25(17-23)32(37(34,35)24-7-3-1-4-8-24)20-27(36-26)28(33)30-18-21-9-11-22(12-10-21)19-31-15-5-2-6-16-31/h1,3-4,7-14,17,27H,2,5-6,15-16,18-20H2,(H,30,33)/t27-/m1/s1. The quantitative estimate of drug-likeness (QED) is 0.475. The van der Waals surface area contributed by atoms with Crippen molar-refractivity contribution in [1.82, 2.24) is 10.2 Å². The summed E-state index contributed by atoms with van der Waals surface area (Å²) in [6.45, 7) is 3.39. The molecular weight excluding hydrogens is 510 g/mol. The normalized spacial score (nSPS) is 18.1. The third-order valence-electron chi connectivity index (χ3n) is 6.76. The van der Waals surface area contributed by atoms with Crippen LogP contribution >= 0.6 is 11.6 Å². The van der Waals surface area contributed by atoms with Crippen LogP contribution in [-0.4, -0.2) is 45.0 Å². The Balaban J connectivity index is 1.27. The van der Waals surface area contributed by atoms with Crippen LogP contribution in [0.5, 0.6) is 5.75 Å². The Morgan fingerprint density at radius 3 is 2.38 bits per heavy atom. The van der Waals surface area contributed by atoms with Crippen molar-refractivity contribution >= 4 is 33.2 Å². The van der Waals surface area contributed by atoms with Crippen molar-refractivity contribution in [3.63, 3.8) is 0 Å². The lowest BCUT2D eigenvalue weighted by atomic mass is 10.1. The Labute approximate surface area is 223 Å². The molecule has 1 saturated heterocycles. The van der Waals surface area contributed by atoms with Crippen LogP contribution in [0.4, 0.5) is 5.69 Å². The predicted octanol–water partition coefficient (Wildman–Crippen LogP) is 4.60. The molecule has 5 rings (SSSR count). The number of anilines is 1. The molecule has 2 heterocycles.